The van der Waals surface area contributed by atoms with Gasteiger partial charge in [-0.2, -0.15) is 0 Å². The van der Waals surface area contributed by atoms with E-state index in [1.807, 2.05) is 45.0 Å². The molecule has 1 aromatic heterocycles. The summed E-state index contributed by atoms with van der Waals surface area (Å²) in [6.07, 6.45) is 0.561. The number of nitrogens with two attached hydrogens (primary N) is 1. The van der Waals surface area contributed by atoms with Crippen LogP contribution in [0, 0.1) is 11.8 Å². The Kier molecular flexibility index (Phi) is 7.92. The lowest BCUT2D eigenvalue weighted by molar-refractivity contribution is -0.130. The maximum Gasteiger partial charge on any atom is 0.244 e. The third-order valence-electron chi connectivity index (χ3n) is 4.86. The summed E-state index contributed by atoms with van der Waals surface area (Å²) in [5.41, 5.74) is 9.48. The molecular formula is C21H30N4O4. The van der Waals surface area contributed by atoms with Gasteiger partial charge in [0.25, 0.3) is 0 Å². The lowest BCUT2D eigenvalue weighted by Gasteiger charge is -2.18. The van der Waals surface area contributed by atoms with E-state index in [9.17, 15) is 14.4 Å². The van der Waals surface area contributed by atoms with Gasteiger partial charge in [0.2, 0.25) is 11.8 Å². The van der Waals surface area contributed by atoms with Crippen molar-refractivity contribution in [1.29, 1.82) is 0 Å². The van der Waals surface area contributed by atoms with Gasteiger partial charge in [-0.15, -0.1) is 0 Å². The van der Waals surface area contributed by atoms with Crippen LogP contribution < -0.4 is 16.5 Å². The molecule has 2 aromatic rings. The van der Waals surface area contributed by atoms with E-state index in [2.05, 4.69) is 10.3 Å². The molecule has 2 rings (SSSR count). The molecule has 0 aliphatic rings. The van der Waals surface area contributed by atoms with E-state index >= 15 is 0 Å². The van der Waals surface area contributed by atoms with Crippen molar-refractivity contribution in [3.05, 3.63) is 35.5 Å². The zero-order valence-corrected chi connectivity index (χ0v) is 17.1. The van der Waals surface area contributed by atoms with Crippen LogP contribution in [0.3, 0.4) is 0 Å². The van der Waals surface area contributed by atoms with Crippen molar-refractivity contribution >= 4 is 28.5 Å². The number of carbonyl (C=O) groups is 3. The third kappa shape index (κ3) is 5.65. The number of aromatic nitrogens is 1. The number of amides is 2. The molecule has 1 aromatic carbocycles. The molecule has 8 heteroatoms. The van der Waals surface area contributed by atoms with Gasteiger partial charge >= 0.3 is 0 Å². The Labute approximate surface area is 170 Å². The number of hydroxylamine groups is 1. The van der Waals surface area contributed by atoms with Crippen LogP contribution in [0.1, 0.15) is 49.7 Å². The van der Waals surface area contributed by atoms with Crippen molar-refractivity contribution in [3.63, 3.8) is 0 Å². The number of H-pyrrole nitrogens is 1. The van der Waals surface area contributed by atoms with Gasteiger partial charge in [0.1, 0.15) is 0 Å². The Bertz CT molecular complexity index is 875. The van der Waals surface area contributed by atoms with Crippen LogP contribution in [0.25, 0.3) is 10.9 Å². The first kappa shape index (κ1) is 22.6. The van der Waals surface area contributed by atoms with Crippen molar-refractivity contribution in [2.24, 2.45) is 17.6 Å². The first-order valence-corrected chi connectivity index (χ1v) is 9.88. The number of aromatic amines is 1. The van der Waals surface area contributed by atoms with Crippen LogP contribution in [-0.2, 0) is 16.0 Å². The van der Waals surface area contributed by atoms with Gasteiger partial charge in [-0.25, -0.2) is 5.48 Å². The number of hydrogen-bond donors (Lipinski definition) is 5. The minimum absolute atomic E-state index is 0.120. The molecule has 0 fully saturated rings. The minimum atomic E-state index is -0.801. The van der Waals surface area contributed by atoms with E-state index in [-0.39, 0.29) is 30.4 Å². The van der Waals surface area contributed by atoms with E-state index < -0.39 is 17.9 Å². The van der Waals surface area contributed by atoms with E-state index in [4.69, 9.17) is 10.9 Å². The standard InChI is InChI=1S/C21H30N4O4/c1-4-23-21(28)16(22)11-15-14-7-5-6-8-17(14)24-19(15)20(27)13(9-12(2)3)10-18(26)25-29/h5-8,12-13,16,24,29H,4,9-11,22H2,1-3H3,(H,23,28)(H,25,26)/t13?,16-/m0/s1. The SMILES string of the molecule is CCNC(=O)[C@@H](N)Cc1c(C(=O)C(CC(=O)NO)CC(C)C)[nH]c2ccccc12. The molecular weight excluding hydrogens is 372 g/mol. The topological polar surface area (TPSA) is 137 Å². The van der Waals surface area contributed by atoms with Gasteiger partial charge in [-0.3, -0.25) is 19.6 Å². The average molecular weight is 402 g/mol. The predicted molar refractivity (Wildman–Crippen MR) is 110 cm³/mol. The number of carbonyl (C=O) groups excluding carboxylic acids is 3. The van der Waals surface area contributed by atoms with Gasteiger partial charge in [0, 0.05) is 29.8 Å². The molecule has 6 N–H and O–H groups in total. The van der Waals surface area contributed by atoms with E-state index in [1.54, 1.807) is 5.48 Å². The molecule has 29 heavy (non-hydrogen) atoms. The van der Waals surface area contributed by atoms with Gasteiger partial charge in [-0.1, -0.05) is 32.0 Å². The average Bonchev–Trinajstić information content (AvgIpc) is 3.05. The number of nitrogens with one attached hydrogen (secondary N) is 3. The predicted octanol–water partition coefficient (Wildman–Crippen LogP) is 1.91. The summed E-state index contributed by atoms with van der Waals surface area (Å²) < 4.78 is 0. The molecule has 0 saturated carbocycles. The Morgan fingerprint density at radius 3 is 2.52 bits per heavy atom. The smallest absolute Gasteiger partial charge is 0.244 e. The Balaban J connectivity index is 2.45. The summed E-state index contributed by atoms with van der Waals surface area (Å²) in [5.74, 6) is -1.54. The van der Waals surface area contributed by atoms with E-state index in [1.165, 1.54) is 0 Å². The monoisotopic (exact) mass is 402 g/mol. The molecule has 0 spiro atoms. The number of hydrogen-bond acceptors (Lipinski definition) is 5. The van der Waals surface area contributed by atoms with Crippen molar-refractivity contribution < 1.29 is 19.6 Å². The second-order valence-corrected chi connectivity index (χ2v) is 7.66. The highest BCUT2D eigenvalue weighted by atomic mass is 16.5. The summed E-state index contributed by atoms with van der Waals surface area (Å²) in [4.78, 5) is 40.4. The highest BCUT2D eigenvalue weighted by Crippen LogP contribution is 2.28. The molecule has 0 aliphatic carbocycles. The summed E-state index contributed by atoms with van der Waals surface area (Å²) in [6.45, 7) is 6.22. The summed E-state index contributed by atoms with van der Waals surface area (Å²) in [7, 11) is 0. The molecule has 1 heterocycles. The number of fused-ring (bicyclic) bond motifs is 1. The van der Waals surface area contributed by atoms with E-state index in [0.717, 1.165) is 10.9 Å². The molecule has 158 valence electrons. The Morgan fingerprint density at radius 2 is 1.90 bits per heavy atom. The van der Waals surface area contributed by atoms with Crippen LogP contribution in [-0.4, -0.2) is 40.4 Å². The van der Waals surface area contributed by atoms with Crippen molar-refractivity contribution in [3.8, 4) is 0 Å². The van der Waals surface area contributed by atoms with Crippen LogP contribution >= 0.6 is 0 Å². The fourth-order valence-electron chi connectivity index (χ4n) is 3.57. The minimum Gasteiger partial charge on any atom is -0.355 e. The largest absolute Gasteiger partial charge is 0.355 e. The van der Waals surface area contributed by atoms with Gasteiger partial charge < -0.3 is 16.0 Å². The summed E-state index contributed by atoms with van der Waals surface area (Å²) in [5, 5.41) is 12.4. The first-order valence-electron chi connectivity index (χ1n) is 9.88. The maximum absolute atomic E-state index is 13.4. The fraction of sp³-hybridized carbons (Fsp3) is 0.476. The Hall–Kier alpha value is -2.71. The molecule has 0 radical (unpaired) electrons. The number of benzene rings is 1. The summed E-state index contributed by atoms with van der Waals surface area (Å²) >= 11 is 0. The second-order valence-electron chi connectivity index (χ2n) is 7.66. The first-order chi connectivity index (χ1) is 13.8. The van der Waals surface area contributed by atoms with Gasteiger partial charge in [-0.05, 0) is 37.3 Å². The molecule has 1 unspecified atom stereocenters. The van der Waals surface area contributed by atoms with Gasteiger partial charge in [0.05, 0.1) is 11.7 Å². The zero-order valence-electron chi connectivity index (χ0n) is 17.1. The van der Waals surface area contributed by atoms with Crippen LogP contribution in [0.15, 0.2) is 24.3 Å². The summed E-state index contributed by atoms with van der Waals surface area (Å²) in [6, 6.07) is 6.64. The molecule has 2 amide bonds. The number of ketones is 1. The molecule has 0 saturated heterocycles. The normalized spacial score (nSPS) is 13.3. The lowest BCUT2D eigenvalue weighted by atomic mass is 9.87. The van der Waals surface area contributed by atoms with Crippen LogP contribution in [0.4, 0.5) is 0 Å². The quantitative estimate of drug-likeness (QED) is 0.235. The highest BCUT2D eigenvalue weighted by molar-refractivity contribution is 6.04. The fourth-order valence-corrected chi connectivity index (χ4v) is 3.57. The van der Waals surface area contributed by atoms with Crippen LogP contribution in [0.5, 0.6) is 0 Å². The second kappa shape index (κ2) is 10.2. The molecule has 0 bridgehead atoms. The van der Waals surface area contributed by atoms with Crippen molar-refractivity contribution in [2.45, 2.75) is 46.1 Å². The third-order valence-corrected chi connectivity index (χ3v) is 4.86. The maximum atomic E-state index is 13.4. The molecule has 2 atom stereocenters. The van der Waals surface area contributed by atoms with Gasteiger partial charge in [0.15, 0.2) is 5.78 Å². The molecule has 0 aliphatic heterocycles. The number of Topliss-reactive ketones (excluding diaryl/α,β-unsaturated/α-hetero) is 1. The highest BCUT2D eigenvalue weighted by Gasteiger charge is 2.29. The zero-order chi connectivity index (χ0) is 21.6. The lowest BCUT2D eigenvalue weighted by Crippen LogP contribution is -2.42. The number of likely N-dealkylation sites (N-methyl/N-ethyl adjacent to an activating group) is 1. The molecule has 8 nitrogen and oxygen atoms in total. The van der Waals surface area contributed by atoms with Crippen LogP contribution in [0.2, 0.25) is 0 Å². The number of rotatable bonds is 10. The van der Waals surface area contributed by atoms with Crippen molar-refractivity contribution in [2.75, 3.05) is 6.54 Å². The Morgan fingerprint density at radius 1 is 1.21 bits per heavy atom. The van der Waals surface area contributed by atoms with E-state index in [0.29, 0.717) is 24.2 Å². The number of para-hydroxylation sites is 1. The van der Waals surface area contributed by atoms with Crippen molar-refractivity contribution in [1.82, 2.24) is 15.8 Å².